The summed E-state index contributed by atoms with van der Waals surface area (Å²) in [4.78, 5) is 23.1. The Labute approximate surface area is 104 Å². The molecule has 1 aromatic heterocycles. The Bertz CT molecular complexity index is 415. The van der Waals surface area contributed by atoms with Gasteiger partial charge in [-0.3, -0.25) is 4.79 Å². The maximum Gasteiger partial charge on any atom is 0.341 e. The van der Waals surface area contributed by atoms with Gasteiger partial charge in [0.15, 0.2) is 0 Å². The summed E-state index contributed by atoms with van der Waals surface area (Å²) in [5.41, 5.74) is 6.15. The number of amides is 1. The SMILES string of the molecule is CCOC(=O)c1cc(CCNC(C)=O)sc1N. The van der Waals surface area contributed by atoms with E-state index in [1.54, 1.807) is 13.0 Å². The Kier molecular flexibility index (Phi) is 4.96. The third-order valence-corrected chi connectivity index (χ3v) is 3.08. The highest BCUT2D eigenvalue weighted by atomic mass is 32.1. The first kappa shape index (κ1) is 13.5. The molecule has 0 aliphatic rings. The number of esters is 1. The molecule has 5 nitrogen and oxygen atoms in total. The second-order valence-corrected chi connectivity index (χ2v) is 4.61. The van der Waals surface area contributed by atoms with Crippen molar-refractivity contribution in [3.05, 3.63) is 16.5 Å². The van der Waals surface area contributed by atoms with Gasteiger partial charge in [0.25, 0.3) is 0 Å². The quantitative estimate of drug-likeness (QED) is 0.775. The molecule has 3 N–H and O–H groups in total. The Morgan fingerprint density at radius 1 is 1.53 bits per heavy atom. The van der Waals surface area contributed by atoms with Gasteiger partial charge in [-0.15, -0.1) is 11.3 Å². The van der Waals surface area contributed by atoms with Crippen molar-refractivity contribution in [1.29, 1.82) is 0 Å². The highest BCUT2D eigenvalue weighted by Crippen LogP contribution is 2.25. The molecule has 0 fully saturated rings. The Morgan fingerprint density at radius 3 is 2.82 bits per heavy atom. The van der Waals surface area contributed by atoms with Gasteiger partial charge >= 0.3 is 5.97 Å². The van der Waals surface area contributed by atoms with Crippen LogP contribution >= 0.6 is 11.3 Å². The van der Waals surface area contributed by atoms with Gasteiger partial charge in [-0.2, -0.15) is 0 Å². The minimum Gasteiger partial charge on any atom is -0.462 e. The van der Waals surface area contributed by atoms with E-state index in [2.05, 4.69) is 5.32 Å². The average Bonchev–Trinajstić information content (AvgIpc) is 2.59. The van der Waals surface area contributed by atoms with Crippen LogP contribution in [0.25, 0.3) is 0 Å². The number of nitrogens with two attached hydrogens (primary N) is 1. The van der Waals surface area contributed by atoms with Gasteiger partial charge in [0.1, 0.15) is 5.00 Å². The predicted molar refractivity (Wildman–Crippen MR) is 67.1 cm³/mol. The van der Waals surface area contributed by atoms with Gasteiger partial charge in [-0.1, -0.05) is 0 Å². The second kappa shape index (κ2) is 6.24. The van der Waals surface area contributed by atoms with Crippen molar-refractivity contribution in [2.45, 2.75) is 20.3 Å². The van der Waals surface area contributed by atoms with Crippen LogP contribution in [0.1, 0.15) is 29.1 Å². The molecule has 94 valence electrons. The zero-order valence-electron chi connectivity index (χ0n) is 9.91. The highest BCUT2D eigenvalue weighted by molar-refractivity contribution is 7.16. The van der Waals surface area contributed by atoms with E-state index in [0.29, 0.717) is 30.1 Å². The third kappa shape index (κ3) is 4.07. The molecule has 0 aliphatic carbocycles. The van der Waals surface area contributed by atoms with Crippen LogP contribution < -0.4 is 11.1 Å². The molecular weight excluding hydrogens is 240 g/mol. The molecule has 0 unspecified atom stereocenters. The Morgan fingerprint density at radius 2 is 2.24 bits per heavy atom. The van der Waals surface area contributed by atoms with Crippen molar-refractivity contribution in [3.8, 4) is 0 Å². The lowest BCUT2D eigenvalue weighted by Gasteiger charge is -1.99. The number of rotatable bonds is 5. The number of hydrogen-bond acceptors (Lipinski definition) is 5. The molecule has 17 heavy (non-hydrogen) atoms. The van der Waals surface area contributed by atoms with Crippen LogP contribution in [0.15, 0.2) is 6.07 Å². The summed E-state index contributed by atoms with van der Waals surface area (Å²) >= 11 is 1.35. The van der Waals surface area contributed by atoms with Crippen molar-refractivity contribution in [2.75, 3.05) is 18.9 Å². The van der Waals surface area contributed by atoms with Crippen molar-refractivity contribution in [1.82, 2.24) is 5.32 Å². The van der Waals surface area contributed by atoms with E-state index < -0.39 is 5.97 Å². The van der Waals surface area contributed by atoms with Crippen molar-refractivity contribution >= 4 is 28.2 Å². The number of nitrogen functional groups attached to an aromatic ring is 1. The summed E-state index contributed by atoms with van der Waals surface area (Å²) < 4.78 is 4.88. The summed E-state index contributed by atoms with van der Waals surface area (Å²) in [6.07, 6.45) is 0.661. The summed E-state index contributed by atoms with van der Waals surface area (Å²) in [5.74, 6) is -0.466. The topological polar surface area (TPSA) is 81.4 Å². The van der Waals surface area contributed by atoms with Crippen LogP contribution in [0.2, 0.25) is 0 Å². The number of carbonyl (C=O) groups is 2. The van der Waals surface area contributed by atoms with E-state index in [9.17, 15) is 9.59 Å². The number of carbonyl (C=O) groups excluding carboxylic acids is 2. The first-order valence-corrected chi connectivity index (χ1v) is 6.16. The molecule has 6 heteroatoms. The number of thiophene rings is 1. The molecule has 0 spiro atoms. The monoisotopic (exact) mass is 256 g/mol. The molecule has 0 atom stereocenters. The highest BCUT2D eigenvalue weighted by Gasteiger charge is 2.14. The average molecular weight is 256 g/mol. The molecule has 1 heterocycles. The molecule has 0 saturated heterocycles. The Balaban J connectivity index is 2.61. The Hall–Kier alpha value is -1.56. The lowest BCUT2D eigenvalue weighted by molar-refractivity contribution is -0.118. The fourth-order valence-corrected chi connectivity index (χ4v) is 2.23. The fourth-order valence-electron chi connectivity index (χ4n) is 1.31. The zero-order valence-corrected chi connectivity index (χ0v) is 10.7. The summed E-state index contributed by atoms with van der Waals surface area (Å²) in [5, 5.41) is 3.15. The first-order valence-electron chi connectivity index (χ1n) is 5.34. The molecule has 1 amide bonds. The van der Waals surface area contributed by atoms with Crippen molar-refractivity contribution < 1.29 is 14.3 Å². The van der Waals surface area contributed by atoms with E-state index in [1.807, 2.05) is 0 Å². The van der Waals surface area contributed by atoms with Crippen molar-refractivity contribution in [3.63, 3.8) is 0 Å². The maximum absolute atomic E-state index is 11.5. The molecule has 1 aromatic rings. The largest absolute Gasteiger partial charge is 0.462 e. The van der Waals surface area contributed by atoms with E-state index >= 15 is 0 Å². The fraction of sp³-hybridized carbons (Fsp3) is 0.455. The van der Waals surface area contributed by atoms with E-state index in [-0.39, 0.29) is 5.91 Å². The van der Waals surface area contributed by atoms with Crippen LogP contribution in [-0.2, 0) is 16.0 Å². The molecule has 0 aromatic carbocycles. The van der Waals surface area contributed by atoms with Crippen LogP contribution in [-0.4, -0.2) is 25.0 Å². The standard InChI is InChI=1S/C11H16N2O3S/c1-3-16-11(15)9-6-8(17-10(9)12)4-5-13-7(2)14/h6H,3-5,12H2,1-2H3,(H,13,14). The van der Waals surface area contributed by atoms with E-state index in [1.165, 1.54) is 18.3 Å². The summed E-state index contributed by atoms with van der Waals surface area (Å²) in [7, 11) is 0. The van der Waals surface area contributed by atoms with E-state index in [4.69, 9.17) is 10.5 Å². The van der Waals surface area contributed by atoms with Crippen LogP contribution in [0, 0.1) is 0 Å². The molecular formula is C11H16N2O3S. The third-order valence-electron chi connectivity index (χ3n) is 2.05. The van der Waals surface area contributed by atoms with Crippen LogP contribution in [0.4, 0.5) is 5.00 Å². The molecule has 0 bridgehead atoms. The van der Waals surface area contributed by atoms with Crippen LogP contribution in [0.3, 0.4) is 0 Å². The second-order valence-electron chi connectivity index (χ2n) is 3.44. The normalized spacial score (nSPS) is 10.0. The molecule has 0 radical (unpaired) electrons. The maximum atomic E-state index is 11.5. The number of ether oxygens (including phenoxy) is 1. The molecule has 1 rings (SSSR count). The van der Waals surface area contributed by atoms with Gasteiger partial charge in [-0.25, -0.2) is 4.79 Å². The smallest absolute Gasteiger partial charge is 0.341 e. The van der Waals surface area contributed by atoms with Gasteiger partial charge in [0.2, 0.25) is 5.91 Å². The minimum absolute atomic E-state index is 0.0693. The predicted octanol–water partition coefficient (Wildman–Crippen LogP) is 1.19. The van der Waals surface area contributed by atoms with Gasteiger partial charge in [0, 0.05) is 18.3 Å². The van der Waals surface area contributed by atoms with Gasteiger partial charge in [-0.05, 0) is 19.4 Å². The number of nitrogens with one attached hydrogen (secondary N) is 1. The number of hydrogen-bond donors (Lipinski definition) is 2. The lowest BCUT2D eigenvalue weighted by Crippen LogP contribution is -2.22. The van der Waals surface area contributed by atoms with E-state index in [0.717, 1.165) is 4.88 Å². The number of anilines is 1. The van der Waals surface area contributed by atoms with Crippen LogP contribution in [0.5, 0.6) is 0 Å². The van der Waals surface area contributed by atoms with Gasteiger partial charge in [0.05, 0.1) is 12.2 Å². The van der Waals surface area contributed by atoms with Gasteiger partial charge < -0.3 is 15.8 Å². The van der Waals surface area contributed by atoms with Crippen molar-refractivity contribution in [2.24, 2.45) is 0 Å². The lowest BCUT2D eigenvalue weighted by atomic mass is 10.2. The minimum atomic E-state index is -0.396. The molecule has 0 aliphatic heterocycles. The summed E-state index contributed by atoms with van der Waals surface area (Å²) in [6.45, 7) is 4.08. The zero-order chi connectivity index (χ0) is 12.8. The first-order chi connectivity index (χ1) is 8.04. The molecule has 0 saturated carbocycles. The summed E-state index contributed by atoms with van der Waals surface area (Å²) in [6, 6.07) is 1.72.